The van der Waals surface area contributed by atoms with Crippen molar-refractivity contribution in [1.82, 2.24) is 0 Å². The van der Waals surface area contributed by atoms with Crippen molar-refractivity contribution in [3.63, 3.8) is 0 Å². The van der Waals surface area contributed by atoms with E-state index in [-0.39, 0.29) is 5.41 Å². The highest BCUT2D eigenvalue weighted by Gasteiger charge is 2.64. The maximum Gasteiger partial charge on any atom is 0.0675 e. The molecule has 4 aliphatic rings. The van der Waals surface area contributed by atoms with Gasteiger partial charge in [0.05, 0.1) is 11.3 Å². The highest BCUT2D eigenvalue weighted by Crippen LogP contribution is 2.68. The summed E-state index contributed by atoms with van der Waals surface area (Å²) < 4.78 is 0. The second-order valence-electron chi connectivity index (χ2n) is 10.3. The number of hydrogen-bond donors (Lipinski definition) is 2. The summed E-state index contributed by atoms with van der Waals surface area (Å²) in [5, 5.41) is 23.9. The lowest BCUT2D eigenvalue weighted by molar-refractivity contribution is -0.151. The van der Waals surface area contributed by atoms with Gasteiger partial charge in [0.2, 0.25) is 0 Å². The van der Waals surface area contributed by atoms with Crippen molar-refractivity contribution in [2.75, 3.05) is 0 Å². The molecule has 24 heavy (non-hydrogen) atoms. The summed E-state index contributed by atoms with van der Waals surface area (Å²) in [6.07, 6.45) is 9.20. The van der Waals surface area contributed by atoms with Crippen LogP contribution >= 0.6 is 0 Å². The molecule has 0 radical (unpaired) electrons. The summed E-state index contributed by atoms with van der Waals surface area (Å²) in [7, 11) is 0. The third kappa shape index (κ3) is 1.97. The van der Waals surface area contributed by atoms with Crippen molar-refractivity contribution in [3.05, 3.63) is 0 Å². The van der Waals surface area contributed by atoms with Gasteiger partial charge in [-0.1, -0.05) is 25.9 Å². The molecule has 0 amide bonds. The Hall–Kier alpha value is -0.570. The van der Waals surface area contributed by atoms with Crippen molar-refractivity contribution in [1.29, 1.82) is 0 Å². The van der Waals surface area contributed by atoms with E-state index < -0.39 is 5.60 Å². The van der Waals surface area contributed by atoms with Gasteiger partial charge < -0.3 is 10.3 Å². The first kappa shape index (κ1) is 16.9. The molecule has 136 valence electrons. The van der Waals surface area contributed by atoms with Crippen molar-refractivity contribution >= 4 is 5.71 Å². The Kier molecular flexibility index (Phi) is 3.67. The highest BCUT2D eigenvalue weighted by atomic mass is 16.4. The lowest BCUT2D eigenvalue weighted by Gasteiger charge is -2.62. The Morgan fingerprint density at radius 1 is 0.958 bits per heavy atom. The largest absolute Gasteiger partial charge is 0.411 e. The zero-order valence-corrected chi connectivity index (χ0v) is 15.9. The Labute approximate surface area is 146 Å². The summed E-state index contributed by atoms with van der Waals surface area (Å²) >= 11 is 0. The first-order valence-corrected chi connectivity index (χ1v) is 10.2. The number of oxime groups is 1. The molecule has 4 saturated carbocycles. The molecule has 3 heteroatoms. The molecule has 0 aliphatic heterocycles. The lowest BCUT2D eigenvalue weighted by atomic mass is 9.42. The molecule has 2 N–H and O–H groups in total. The van der Waals surface area contributed by atoms with Crippen molar-refractivity contribution in [3.8, 4) is 0 Å². The average Bonchev–Trinajstić information content (AvgIpc) is 2.78. The van der Waals surface area contributed by atoms with Gasteiger partial charge in [-0.3, -0.25) is 0 Å². The van der Waals surface area contributed by atoms with E-state index in [2.05, 4.69) is 32.9 Å². The van der Waals surface area contributed by atoms with Gasteiger partial charge in [0.25, 0.3) is 0 Å². The van der Waals surface area contributed by atoms with Gasteiger partial charge in [0.1, 0.15) is 0 Å². The first-order chi connectivity index (χ1) is 11.2. The van der Waals surface area contributed by atoms with E-state index in [9.17, 15) is 10.3 Å². The molecule has 4 fully saturated rings. The minimum Gasteiger partial charge on any atom is -0.411 e. The fourth-order valence-corrected chi connectivity index (χ4v) is 7.83. The number of fused-ring (bicyclic) bond motifs is 5. The molecule has 0 aromatic heterocycles. The summed E-state index contributed by atoms with van der Waals surface area (Å²) in [5.74, 6) is 3.55. The second kappa shape index (κ2) is 5.22. The summed E-state index contributed by atoms with van der Waals surface area (Å²) in [6, 6.07) is 0. The standard InChI is InChI=1S/C21H35NO2/c1-13-11-15(22-24)12-14-5-6-16-17-8-10-20(3,23)19(17,2)9-7-18(16)21(13,14)4/h13-14,16-18,23-24H,5-12H2,1-4H3/b22-15+/t13-,14-,16-,17-,18-,19-,20-,21-/m0/s1. The topological polar surface area (TPSA) is 52.8 Å². The monoisotopic (exact) mass is 333 g/mol. The third-order valence-corrected chi connectivity index (χ3v) is 9.75. The van der Waals surface area contributed by atoms with E-state index >= 15 is 0 Å². The Balaban J connectivity index is 1.67. The van der Waals surface area contributed by atoms with Crippen molar-refractivity contribution < 1.29 is 10.3 Å². The molecule has 0 spiro atoms. The van der Waals surface area contributed by atoms with E-state index in [4.69, 9.17) is 0 Å². The second-order valence-corrected chi connectivity index (χ2v) is 10.3. The molecule has 0 heterocycles. The normalized spacial score (nSPS) is 58.9. The van der Waals surface area contributed by atoms with Gasteiger partial charge in [0, 0.05) is 0 Å². The molecular formula is C21H35NO2. The van der Waals surface area contributed by atoms with E-state index in [1.807, 2.05) is 0 Å². The quantitative estimate of drug-likeness (QED) is 0.491. The zero-order valence-electron chi connectivity index (χ0n) is 15.9. The van der Waals surface area contributed by atoms with Crippen LogP contribution in [0.3, 0.4) is 0 Å². The van der Waals surface area contributed by atoms with E-state index in [0.717, 1.165) is 36.8 Å². The fourth-order valence-electron chi connectivity index (χ4n) is 7.83. The van der Waals surface area contributed by atoms with Crippen LogP contribution in [0.2, 0.25) is 0 Å². The molecule has 0 saturated heterocycles. The Bertz CT molecular complexity index is 556. The Morgan fingerprint density at radius 3 is 2.38 bits per heavy atom. The molecule has 4 rings (SSSR count). The summed E-state index contributed by atoms with van der Waals surface area (Å²) in [6.45, 7) is 9.39. The molecular weight excluding hydrogens is 298 g/mol. The number of hydrogen-bond acceptors (Lipinski definition) is 3. The van der Waals surface area contributed by atoms with Gasteiger partial charge in [-0.05, 0) is 98.7 Å². The molecule has 4 aliphatic carbocycles. The lowest BCUT2D eigenvalue weighted by Crippen LogP contribution is -2.58. The van der Waals surface area contributed by atoms with Crippen LogP contribution in [0.15, 0.2) is 5.16 Å². The minimum atomic E-state index is -0.477. The summed E-state index contributed by atoms with van der Waals surface area (Å²) in [4.78, 5) is 0. The highest BCUT2D eigenvalue weighted by molar-refractivity contribution is 5.85. The molecule has 0 unspecified atom stereocenters. The number of nitrogens with zero attached hydrogens (tertiary/aromatic N) is 1. The molecule has 0 bridgehead atoms. The van der Waals surface area contributed by atoms with Gasteiger partial charge in [0.15, 0.2) is 0 Å². The van der Waals surface area contributed by atoms with E-state index in [0.29, 0.717) is 23.2 Å². The van der Waals surface area contributed by atoms with E-state index in [1.165, 1.54) is 32.1 Å². The molecule has 8 atom stereocenters. The van der Waals surface area contributed by atoms with Gasteiger partial charge in [-0.15, -0.1) is 0 Å². The number of aliphatic hydroxyl groups is 1. The molecule has 3 nitrogen and oxygen atoms in total. The predicted octanol–water partition coefficient (Wildman–Crippen LogP) is 4.86. The van der Waals surface area contributed by atoms with Crippen LogP contribution in [-0.2, 0) is 0 Å². The average molecular weight is 334 g/mol. The third-order valence-electron chi connectivity index (χ3n) is 9.75. The van der Waals surface area contributed by atoms with Crippen LogP contribution in [0.4, 0.5) is 0 Å². The zero-order chi connectivity index (χ0) is 17.3. The first-order valence-electron chi connectivity index (χ1n) is 10.2. The molecule has 0 aromatic carbocycles. The van der Waals surface area contributed by atoms with Crippen LogP contribution in [0.25, 0.3) is 0 Å². The van der Waals surface area contributed by atoms with Gasteiger partial charge in [-0.2, -0.15) is 0 Å². The van der Waals surface area contributed by atoms with Crippen LogP contribution in [-0.4, -0.2) is 21.6 Å². The number of rotatable bonds is 0. The van der Waals surface area contributed by atoms with Crippen LogP contribution < -0.4 is 0 Å². The predicted molar refractivity (Wildman–Crippen MR) is 96.1 cm³/mol. The van der Waals surface area contributed by atoms with Crippen LogP contribution in [0.1, 0.15) is 79.1 Å². The summed E-state index contributed by atoms with van der Waals surface area (Å²) in [5.41, 5.74) is 1.04. The van der Waals surface area contributed by atoms with Gasteiger partial charge in [-0.25, -0.2) is 0 Å². The fraction of sp³-hybridized carbons (Fsp3) is 0.952. The maximum atomic E-state index is 11.0. The smallest absolute Gasteiger partial charge is 0.0675 e. The maximum absolute atomic E-state index is 11.0. The minimum absolute atomic E-state index is 0.118. The van der Waals surface area contributed by atoms with Gasteiger partial charge >= 0.3 is 0 Å². The van der Waals surface area contributed by atoms with Crippen molar-refractivity contribution in [2.45, 2.75) is 84.7 Å². The van der Waals surface area contributed by atoms with Crippen LogP contribution in [0, 0.1) is 40.4 Å². The van der Waals surface area contributed by atoms with Crippen LogP contribution in [0.5, 0.6) is 0 Å². The molecule has 0 aromatic rings. The van der Waals surface area contributed by atoms with Crippen molar-refractivity contribution in [2.24, 2.45) is 45.6 Å². The Morgan fingerprint density at radius 2 is 1.67 bits per heavy atom. The SMILES string of the molecule is C[C@H]1C/C(=N\O)C[C@@H]2CC[C@@H]3[C@H](CC[C@@]4(C)[C@H]3CC[C@]4(C)O)[C@]21C. The van der Waals surface area contributed by atoms with E-state index in [1.54, 1.807) is 0 Å².